The van der Waals surface area contributed by atoms with Crippen LogP contribution in [0.25, 0.3) is 12.2 Å². The maximum absolute atomic E-state index is 13.4. The van der Waals surface area contributed by atoms with Crippen LogP contribution in [0.2, 0.25) is 0 Å². The summed E-state index contributed by atoms with van der Waals surface area (Å²) in [5.41, 5.74) is 2.02. The lowest BCUT2D eigenvalue weighted by Crippen LogP contribution is -2.60. The lowest BCUT2D eigenvalue weighted by Gasteiger charge is -2.56. The number of hydrogen-bond donors (Lipinski definition) is 2. The van der Waals surface area contributed by atoms with Crippen molar-refractivity contribution >= 4 is 24.0 Å². The summed E-state index contributed by atoms with van der Waals surface area (Å²) in [7, 11) is 0. The van der Waals surface area contributed by atoms with Gasteiger partial charge in [-0.2, -0.15) is 0 Å². The second kappa shape index (κ2) is 8.78. The zero-order chi connectivity index (χ0) is 22.0. The maximum Gasteiger partial charge on any atom is 0.268 e. The molecule has 0 spiro atoms. The Morgan fingerprint density at radius 1 is 0.781 bits per heavy atom. The Hall–Kier alpha value is -3.14. The molecule has 164 valence electrons. The van der Waals surface area contributed by atoms with Crippen LogP contribution in [0.1, 0.15) is 49.7 Å². The smallest absolute Gasteiger partial charge is 0.268 e. The molecule has 4 aliphatic rings. The highest BCUT2D eigenvalue weighted by molar-refractivity contribution is 6.04. The Bertz CT molecular complexity index is 1000. The molecule has 0 atom stereocenters. The van der Waals surface area contributed by atoms with Gasteiger partial charge in [-0.25, -0.2) is 0 Å². The molecule has 2 aromatic rings. The summed E-state index contributed by atoms with van der Waals surface area (Å²) in [5.74, 6) is 1.73. The van der Waals surface area contributed by atoms with E-state index in [1.165, 1.54) is 25.3 Å². The van der Waals surface area contributed by atoms with Crippen LogP contribution < -0.4 is 10.6 Å². The fourth-order valence-electron chi connectivity index (χ4n) is 6.36. The molecule has 32 heavy (non-hydrogen) atoms. The van der Waals surface area contributed by atoms with E-state index in [1.807, 2.05) is 60.7 Å². The largest absolute Gasteiger partial charge is 0.345 e. The quantitative estimate of drug-likeness (QED) is 0.643. The molecule has 6 rings (SSSR count). The topological polar surface area (TPSA) is 58.2 Å². The van der Waals surface area contributed by atoms with E-state index in [9.17, 15) is 9.59 Å². The summed E-state index contributed by atoms with van der Waals surface area (Å²) in [4.78, 5) is 26.1. The van der Waals surface area contributed by atoms with Crippen LogP contribution in [-0.4, -0.2) is 17.4 Å². The summed E-state index contributed by atoms with van der Waals surface area (Å²) in [6.07, 6.45) is 12.2. The molecule has 0 radical (unpaired) electrons. The van der Waals surface area contributed by atoms with Gasteiger partial charge in [0.25, 0.3) is 5.91 Å². The van der Waals surface area contributed by atoms with Gasteiger partial charge in [0.1, 0.15) is 5.70 Å². The molecule has 4 saturated carbocycles. The molecule has 0 unspecified atom stereocenters. The molecule has 0 heterocycles. The van der Waals surface area contributed by atoms with Gasteiger partial charge in [-0.3, -0.25) is 9.59 Å². The standard InChI is InChI=1S/C28H30N2O2/c31-26(12-11-20-7-3-1-4-8-20)29-25(16-21-9-5-2-6-10-21)27(32)30-28-17-22-13-23(18-28)15-24(14-22)19-28/h1-12,16,22-24H,13-15,17-19H2,(H,29,31)(H,30,32)/b12-11-,25-16?. The lowest BCUT2D eigenvalue weighted by atomic mass is 9.53. The second-order valence-corrected chi connectivity index (χ2v) is 9.85. The van der Waals surface area contributed by atoms with Crippen molar-refractivity contribution in [1.82, 2.24) is 10.6 Å². The van der Waals surface area contributed by atoms with Crippen molar-refractivity contribution in [1.29, 1.82) is 0 Å². The normalized spacial score (nSPS) is 28.6. The van der Waals surface area contributed by atoms with Gasteiger partial charge in [-0.15, -0.1) is 0 Å². The van der Waals surface area contributed by atoms with Crippen LogP contribution in [0.5, 0.6) is 0 Å². The average Bonchev–Trinajstić information content (AvgIpc) is 2.77. The minimum absolute atomic E-state index is 0.105. The molecule has 4 bridgehead atoms. The van der Waals surface area contributed by atoms with E-state index < -0.39 is 0 Å². The van der Waals surface area contributed by atoms with Crippen molar-refractivity contribution in [2.75, 3.05) is 0 Å². The first-order valence-electron chi connectivity index (χ1n) is 11.7. The van der Waals surface area contributed by atoms with Crippen molar-refractivity contribution in [2.24, 2.45) is 17.8 Å². The molecule has 2 amide bonds. The van der Waals surface area contributed by atoms with Crippen molar-refractivity contribution in [3.8, 4) is 0 Å². The third-order valence-corrected chi connectivity index (χ3v) is 7.26. The maximum atomic E-state index is 13.4. The molecule has 0 aliphatic heterocycles. The number of nitrogens with one attached hydrogen (secondary N) is 2. The van der Waals surface area contributed by atoms with E-state index in [0.717, 1.165) is 48.1 Å². The molecule has 4 fully saturated rings. The fourth-order valence-corrected chi connectivity index (χ4v) is 6.36. The molecule has 4 nitrogen and oxygen atoms in total. The first kappa shape index (κ1) is 20.7. The summed E-state index contributed by atoms with van der Waals surface area (Å²) in [6.45, 7) is 0. The Morgan fingerprint density at radius 2 is 1.31 bits per heavy atom. The average molecular weight is 427 g/mol. The molecule has 0 aromatic heterocycles. The summed E-state index contributed by atoms with van der Waals surface area (Å²) >= 11 is 0. The molecular formula is C28H30N2O2. The highest BCUT2D eigenvalue weighted by atomic mass is 16.2. The monoisotopic (exact) mass is 426 g/mol. The van der Waals surface area contributed by atoms with Gasteiger partial charge in [-0.1, -0.05) is 60.7 Å². The van der Waals surface area contributed by atoms with Crippen LogP contribution in [0.4, 0.5) is 0 Å². The number of carbonyl (C=O) groups is 2. The molecule has 2 N–H and O–H groups in total. The highest BCUT2D eigenvalue weighted by Gasteiger charge is 2.51. The van der Waals surface area contributed by atoms with Gasteiger partial charge in [0, 0.05) is 11.6 Å². The van der Waals surface area contributed by atoms with Gasteiger partial charge in [0.15, 0.2) is 0 Å². The third kappa shape index (κ3) is 4.69. The van der Waals surface area contributed by atoms with Gasteiger partial charge in [-0.05, 0) is 79.6 Å². The Labute approximate surface area is 189 Å². The van der Waals surface area contributed by atoms with Crippen LogP contribution >= 0.6 is 0 Å². The molecular weight excluding hydrogens is 396 g/mol. The summed E-state index contributed by atoms with van der Waals surface area (Å²) < 4.78 is 0. The molecule has 4 aliphatic carbocycles. The van der Waals surface area contributed by atoms with Crippen LogP contribution in [0, 0.1) is 17.8 Å². The van der Waals surface area contributed by atoms with Gasteiger partial charge in [0.2, 0.25) is 5.91 Å². The highest BCUT2D eigenvalue weighted by Crippen LogP contribution is 2.55. The first-order chi connectivity index (χ1) is 15.6. The summed E-state index contributed by atoms with van der Waals surface area (Å²) in [6, 6.07) is 19.3. The number of hydrogen-bond acceptors (Lipinski definition) is 2. The van der Waals surface area contributed by atoms with E-state index >= 15 is 0 Å². The Balaban J connectivity index is 1.34. The molecule has 4 heteroatoms. The van der Waals surface area contributed by atoms with Gasteiger partial charge in [0.05, 0.1) is 0 Å². The van der Waals surface area contributed by atoms with Crippen LogP contribution in [0.3, 0.4) is 0 Å². The third-order valence-electron chi connectivity index (χ3n) is 7.26. The van der Waals surface area contributed by atoms with Crippen molar-refractivity contribution < 1.29 is 9.59 Å². The zero-order valence-corrected chi connectivity index (χ0v) is 18.3. The van der Waals surface area contributed by atoms with Crippen LogP contribution in [-0.2, 0) is 9.59 Å². The van der Waals surface area contributed by atoms with E-state index in [-0.39, 0.29) is 17.4 Å². The van der Waals surface area contributed by atoms with E-state index in [0.29, 0.717) is 5.70 Å². The fraction of sp³-hybridized carbons (Fsp3) is 0.357. The molecule has 2 aromatic carbocycles. The Morgan fingerprint density at radius 3 is 1.88 bits per heavy atom. The predicted molar refractivity (Wildman–Crippen MR) is 127 cm³/mol. The van der Waals surface area contributed by atoms with Crippen molar-refractivity contribution in [3.05, 3.63) is 83.6 Å². The first-order valence-corrected chi connectivity index (χ1v) is 11.7. The number of carbonyl (C=O) groups excluding carboxylic acids is 2. The van der Waals surface area contributed by atoms with Crippen molar-refractivity contribution in [3.63, 3.8) is 0 Å². The number of amides is 2. The van der Waals surface area contributed by atoms with E-state index in [1.54, 1.807) is 12.2 Å². The van der Waals surface area contributed by atoms with E-state index in [2.05, 4.69) is 10.6 Å². The minimum Gasteiger partial charge on any atom is -0.345 e. The minimum atomic E-state index is -0.309. The predicted octanol–water partition coefficient (Wildman–Crippen LogP) is 4.94. The van der Waals surface area contributed by atoms with Crippen molar-refractivity contribution in [2.45, 2.75) is 44.1 Å². The Kier molecular flexibility index (Phi) is 5.69. The summed E-state index contributed by atoms with van der Waals surface area (Å²) in [5, 5.41) is 6.22. The number of rotatable bonds is 6. The van der Waals surface area contributed by atoms with Crippen LogP contribution in [0.15, 0.2) is 72.4 Å². The number of benzene rings is 2. The second-order valence-electron chi connectivity index (χ2n) is 9.85. The van der Waals surface area contributed by atoms with Gasteiger partial charge < -0.3 is 10.6 Å². The van der Waals surface area contributed by atoms with Gasteiger partial charge >= 0.3 is 0 Å². The SMILES string of the molecule is O=C(/C=C\c1ccccc1)NC(=Cc1ccccc1)C(=O)NC12CC3CC(CC(C3)C1)C2. The van der Waals surface area contributed by atoms with E-state index in [4.69, 9.17) is 0 Å². The zero-order valence-electron chi connectivity index (χ0n) is 18.3. The molecule has 0 saturated heterocycles. The lowest BCUT2D eigenvalue weighted by molar-refractivity contribution is -0.125.